The summed E-state index contributed by atoms with van der Waals surface area (Å²) < 4.78 is 55.2. The van der Waals surface area contributed by atoms with Crippen LogP contribution in [0.2, 0.25) is 0 Å². The lowest BCUT2D eigenvalue weighted by Crippen LogP contribution is -2.25. The van der Waals surface area contributed by atoms with E-state index in [1.807, 2.05) is 6.08 Å². The highest BCUT2D eigenvalue weighted by Gasteiger charge is 2.31. The van der Waals surface area contributed by atoms with Gasteiger partial charge in [0.05, 0.1) is 12.2 Å². The Kier molecular flexibility index (Phi) is 7.01. The van der Waals surface area contributed by atoms with Gasteiger partial charge in [-0.25, -0.2) is 18.0 Å². The van der Waals surface area contributed by atoms with Crippen LogP contribution < -0.4 is 0 Å². The molecule has 2 saturated carbocycles. The second-order valence-electron chi connectivity index (χ2n) is 10.2. The Bertz CT molecular complexity index is 1090. The normalized spacial score (nSPS) is 28.4. The highest BCUT2D eigenvalue weighted by atomic mass is 19.2. The molecule has 0 spiro atoms. The third kappa shape index (κ3) is 5.18. The molecule has 1 heterocycles. The van der Waals surface area contributed by atoms with Gasteiger partial charge in [0.2, 0.25) is 0 Å². The maximum absolute atomic E-state index is 15.1. The molecule has 3 nitrogen and oxygen atoms in total. The molecule has 1 unspecified atom stereocenters. The topological polar surface area (TPSA) is 38.8 Å². The molecule has 0 amide bonds. The van der Waals surface area contributed by atoms with Gasteiger partial charge in [0.15, 0.2) is 11.6 Å². The average molecular weight is 485 g/mol. The van der Waals surface area contributed by atoms with E-state index < -0.39 is 23.4 Å². The van der Waals surface area contributed by atoms with Gasteiger partial charge in [-0.3, -0.25) is 0 Å². The summed E-state index contributed by atoms with van der Waals surface area (Å²) in [6, 6.07) is 7.93. The fourth-order valence-corrected chi connectivity index (χ4v) is 5.72. The predicted octanol–water partition coefficient (Wildman–Crippen LogP) is 7.52. The van der Waals surface area contributed by atoms with Crippen molar-refractivity contribution in [3.63, 3.8) is 0 Å². The standard InChI is InChI=1S/C29H31F3O3/c1-2-17-3-5-18(6-4-17)22-13-14-23(28(32)27(22)31)19-7-10-21(11-8-19)35-29(33)24-12-9-20(15-25(24)30)26-16-34-26/h2,9,12-15,17-19,21,26H,1,3-8,10-11,16H2. The Balaban J connectivity index is 1.18. The van der Waals surface area contributed by atoms with Crippen molar-refractivity contribution in [1.82, 2.24) is 0 Å². The number of carbonyl (C=O) groups excluding carboxylic acids is 1. The van der Waals surface area contributed by atoms with Gasteiger partial charge >= 0.3 is 5.97 Å². The van der Waals surface area contributed by atoms with Crippen LogP contribution in [-0.4, -0.2) is 18.7 Å². The predicted molar refractivity (Wildman–Crippen MR) is 127 cm³/mol. The van der Waals surface area contributed by atoms with Gasteiger partial charge < -0.3 is 9.47 Å². The monoisotopic (exact) mass is 484 g/mol. The van der Waals surface area contributed by atoms with Crippen LogP contribution in [0.1, 0.15) is 96.4 Å². The number of halogens is 3. The van der Waals surface area contributed by atoms with E-state index in [0.29, 0.717) is 54.9 Å². The minimum Gasteiger partial charge on any atom is -0.459 e. The molecule has 2 aromatic carbocycles. The van der Waals surface area contributed by atoms with Gasteiger partial charge in [0.25, 0.3) is 0 Å². The Labute approximate surface area is 204 Å². The van der Waals surface area contributed by atoms with Crippen LogP contribution in [0.15, 0.2) is 43.0 Å². The van der Waals surface area contributed by atoms with Gasteiger partial charge in [-0.15, -0.1) is 6.58 Å². The largest absolute Gasteiger partial charge is 0.459 e. The molecular formula is C29H31F3O3. The first-order valence-corrected chi connectivity index (χ1v) is 12.7. The van der Waals surface area contributed by atoms with Crippen molar-refractivity contribution in [2.75, 3.05) is 6.61 Å². The molecule has 5 rings (SSSR count). The summed E-state index contributed by atoms with van der Waals surface area (Å²) >= 11 is 0. The summed E-state index contributed by atoms with van der Waals surface area (Å²) in [6.45, 7) is 4.41. The van der Waals surface area contributed by atoms with Crippen molar-refractivity contribution in [3.05, 3.63) is 82.7 Å². The molecule has 35 heavy (non-hydrogen) atoms. The Morgan fingerprint density at radius 3 is 1.97 bits per heavy atom. The lowest BCUT2D eigenvalue weighted by Gasteiger charge is -2.30. The fraction of sp³-hybridized carbons (Fsp3) is 0.483. The molecule has 0 radical (unpaired) electrons. The number of hydrogen-bond acceptors (Lipinski definition) is 3. The fourth-order valence-electron chi connectivity index (χ4n) is 5.72. The summed E-state index contributed by atoms with van der Waals surface area (Å²) in [6.07, 6.45) is 7.35. The summed E-state index contributed by atoms with van der Waals surface area (Å²) in [5.41, 5.74) is 1.50. The van der Waals surface area contributed by atoms with Crippen LogP contribution in [0.4, 0.5) is 13.2 Å². The van der Waals surface area contributed by atoms with Gasteiger partial charge in [-0.1, -0.05) is 24.3 Å². The van der Waals surface area contributed by atoms with E-state index in [1.54, 1.807) is 18.2 Å². The lowest BCUT2D eigenvalue weighted by molar-refractivity contribution is 0.0189. The number of allylic oxidation sites excluding steroid dienone is 1. The number of epoxide rings is 1. The molecule has 3 fully saturated rings. The summed E-state index contributed by atoms with van der Waals surface area (Å²) in [5.74, 6) is -2.37. The van der Waals surface area contributed by atoms with Crippen molar-refractivity contribution in [2.24, 2.45) is 5.92 Å². The molecule has 0 bridgehead atoms. The third-order valence-corrected chi connectivity index (χ3v) is 7.99. The first kappa shape index (κ1) is 24.1. The van der Waals surface area contributed by atoms with Gasteiger partial charge in [0, 0.05) is 0 Å². The first-order valence-electron chi connectivity index (χ1n) is 12.7. The van der Waals surface area contributed by atoms with Crippen LogP contribution in [-0.2, 0) is 9.47 Å². The van der Waals surface area contributed by atoms with Crippen molar-refractivity contribution in [2.45, 2.75) is 75.4 Å². The Morgan fingerprint density at radius 1 is 0.886 bits per heavy atom. The summed E-state index contributed by atoms with van der Waals surface area (Å²) in [4.78, 5) is 12.5. The minimum atomic E-state index is -0.740. The quantitative estimate of drug-likeness (QED) is 0.242. The summed E-state index contributed by atoms with van der Waals surface area (Å²) in [5, 5.41) is 0. The van der Waals surface area contributed by atoms with Crippen molar-refractivity contribution >= 4 is 5.97 Å². The molecule has 1 atom stereocenters. The molecule has 1 saturated heterocycles. The molecule has 2 aromatic rings. The minimum absolute atomic E-state index is 0.0520. The highest BCUT2D eigenvalue weighted by molar-refractivity contribution is 5.89. The molecule has 0 N–H and O–H groups in total. The molecule has 1 aliphatic heterocycles. The number of benzene rings is 2. The molecule has 2 aliphatic carbocycles. The zero-order valence-corrected chi connectivity index (χ0v) is 19.8. The maximum Gasteiger partial charge on any atom is 0.341 e. The average Bonchev–Trinajstić information content (AvgIpc) is 3.72. The number of carbonyl (C=O) groups is 1. The number of ether oxygens (including phenoxy) is 2. The van der Waals surface area contributed by atoms with Gasteiger partial charge in [-0.05, 0) is 97.9 Å². The molecular weight excluding hydrogens is 453 g/mol. The van der Waals surface area contributed by atoms with Gasteiger partial charge in [-0.2, -0.15) is 0 Å². The molecule has 3 aliphatic rings. The van der Waals surface area contributed by atoms with Crippen LogP contribution in [0.3, 0.4) is 0 Å². The number of rotatable bonds is 6. The van der Waals surface area contributed by atoms with E-state index in [4.69, 9.17) is 9.47 Å². The van der Waals surface area contributed by atoms with E-state index in [-0.39, 0.29) is 29.6 Å². The summed E-state index contributed by atoms with van der Waals surface area (Å²) in [7, 11) is 0. The highest BCUT2D eigenvalue weighted by Crippen LogP contribution is 2.41. The molecule has 6 heteroatoms. The van der Waals surface area contributed by atoms with Crippen LogP contribution in [0.5, 0.6) is 0 Å². The van der Waals surface area contributed by atoms with E-state index in [0.717, 1.165) is 25.7 Å². The van der Waals surface area contributed by atoms with E-state index >= 15 is 8.78 Å². The maximum atomic E-state index is 15.1. The van der Waals surface area contributed by atoms with Gasteiger partial charge in [0.1, 0.15) is 18.0 Å². The molecule has 186 valence electrons. The zero-order valence-electron chi connectivity index (χ0n) is 19.8. The van der Waals surface area contributed by atoms with E-state index in [1.165, 1.54) is 12.1 Å². The van der Waals surface area contributed by atoms with Crippen LogP contribution in [0, 0.1) is 23.4 Å². The Hall–Kier alpha value is -2.60. The van der Waals surface area contributed by atoms with E-state index in [2.05, 4.69) is 6.58 Å². The van der Waals surface area contributed by atoms with Crippen molar-refractivity contribution in [3.8, 4) is 0 Å². The number of hydrogen-bond donors (Lipinski definition) is 0. The smallest absolute Gasteiger partial charge is 0.341 e. The van der Waals surface area contributed by atoms with Crippen LogP contribution >= 0.6 is 0 Å². The van der Waals surface area contributed by atoms with Crippen molar-refractivity contribution in [1.29, 1.82) is 0 Å². The Morgan fingerprint density at radius 2 is 1.46 bits per heavy atom. The first-order chi connectivity index (χ1) is 16.9. The van der Waals surface area contributed by atoms with E-state index in [9.17, 15) is 9.18 Å². The third-order valence-electron chi connectivity index (χ3n) is 7.99. The van der Waals surface area contributed by atoms with Crippen LogP contribution in [0.25, 0.3) is 0 Å². The second-order valence-corrected chi connectivity index (χ2v) is 10.2. The zero-order chi connectivity index (χ0) is 24.5. The SMILES string of the molecule is C=CC1CCC(c2ccc(C3CCC(OC(=O)c4ccc(C5CO5)cc4F)CC3)c(F)c2F)CC1. The second kappa shape index (κ2) is 10.2. The molecule has 0 aromatic heterocycles. The number of esters is 1. The van der Waals surface area contributed by atoms with Crippen molar-refractivity contribution < 1.29 is 27.4 Å². The lowest BCUT2D eigenvalue weighted by atomic mass is 9.77.